The van der Waals surface area contributed by atoms with Crippen LogP contribution in [0, 0.1) is 6.92 Å². The zero-order valence-corrected chi connectivity index (χ0v) is 10.8. The van der Waals surface area contributed by atoms with E-state index in [0.717, 1.165) is 17.4 Å². The predicted molar refractivity (Wildman–Crippen MR) is 71.8 cm³/mol. The van der Waals surface area contributed by atoms with E-state index in [0.29, 0.717) is 22.1 Å². The van der Waals surface area contributed by atoms with Gasteiger partial charge in [-0.25, -0.2) is 9.97 Å². The summed E-state index contributed by atoms with van der Waals surface area (Å²) in [6, 6.07) is 1.71. The number of carbonyl (C=O) groups is 1. The number of pyridine rings is 1. The average Bonchev–Trinajstić information content (AvgIpc) is 2.76. The molecule has 3 rings (SSSR count). The van der Waals surface area contributed by atoms with E-state index in [1.54, 1.807) is 29.2 Å². The molecule has 0 aliphatic rings. The number of aromatic nitrogens is 4. The largest absolute Gasteiger partial charge is 0.298 e. The summed E-state index contributed by atoms with van der Waals surface area (Å²) in [7, 11) is 0. The molecule has 0 aliphatic carbocycles. The minimum atomic E-state index is 0.488. The van der Waals surface area contributed by atoms with Crippen LogP contribution in [-0.2, 0) is 0 Å². The van der Waals surface area contributed by atoms with Gasteiger partial charge in [-0.15, -0.1) is 0 Å². The van der Waals surface area contributed by atoms with Crippen LogP contribution in [0.4, 0.5) is 0 Å². The molecule has 0 spiro atoms. The summed E-state index contributed by atoms with van der Waals surface area (Å²) in [5.41, 5.74) is 1.94. The van der Waals surface area contributed by atoms with Crippen molar-refractivity contribution in [1.82, 2.24) is 19.5 Å². The maximum Gasteiger partial charge on any atom is 0.157 e. The molecule has 3 aromatic heterocycles. The van der Waals surface area contributed by atoms with Gasteiger partial charge in [0.05, 0.1) is 16.9 Å². The van der Waals surface area contributed by atoms with E-state index in [4.69, 9.17) is 11.6 Å². The van der Waals surface area contributed by atoms with Crippen LogP contribution in [0.1, 0.15) is 16.1 Å². The summed E-state index contributed by atoms with van der Waals surface area (Å²) < 4.78 is 1.76. The number of fused-ring (bicyclic) bond motifs is 1. The number of aldehydes is 1. The first kappa shape index (κ1) is 11.8. The standard InChI is InChI=1S/C13H9ClN4O/c1-8-3-15-5-12(17-8)18-6-11(14)10-2-9(7-19)4-16-13(10)18/h2-7H,1H3. The van der Waals surface area contributed by atoms with E-state index in [9.17, 15) is 4.79 Å². The van der Waals surface area contributed by atoms with Gasteiger partial charge < -0.3 is 0 Å². The molecule has 0 unspecified atom stereocenters. The molecule has 0 bridgehead atoms. The number of halogens is 1. The van der Waals surface area contributed by atoms with Gasteiger partial charge in [-0.3, -0.25) is 14.3 Å². The molecule has 0 saturated carbocycles. The van der Waals surface area contributed by atoms with Crippen LogP contribution >= 0.6 is 11.6 Å². The second-order valence-electron chi connectivity index (χ2n) is 4.12. The smallest absolute Gasteiger partial charge is 0.157 e. The first-order valence-corrected chi connectivity index (χ1v) is 5.97. The minimum Gasteiger partial charge on any atom is -0.298 e. The molecule has 0 saturated heterocycles. The molecule has 0 radical (unpaired) electrons. The van der Waals surface area contributed by atoms with Crippen LogP contribution in [0.5, 0.6) is 0 Å². The summed E-state index contributed by atoms with van der Waals surface area (Å²) in [6.07, 6.45) is 7.28. The molecule has 5 nitrogen and oxygen atoms in total. The number of nitrogens with zero attached hydrogens (tertiary/aromatic N) is 4. The van der Waals surface area contributed by atoms with Gasteiger partial charge in [0, 0.05) is 29.5 Å². The molecule has 0 aliphatic heterocycles. The van der Waals surface area contributed by atoms with E-state index >= 15 is 0 Å². The fraction of sp³-hybridized carbons (Fsp3) is 0.0769. The van der Waals surface area contributed by atoms with Crippen molar-refractivity contribution in [1.29, 1.82) is 0 Å². The Morgan fingerprint density at radius 2 is 2.16 bits per heavy atom. The third-order valence-corrected chi connectivity index (χ3v) is 3.04. The molecular weight excluding hydrogens is 264 g/mol. The highest BCUT2D eigenvalue weighted by Gasteiger charge is 2.11. The van der Waals surface area contributed by atoms with Crippen molar-refractivity contribution >= 4 is 28.9 Å². The third-order valence-electron chi connectivity index (χ3n) is 2.74. The Balaban J connectivity index is 2.28. The van der Waals surface area contributed by atoms with Gasteiger partial charge in [-0.05, 0) is 13.0 Å². The van der Waals surface area contributed by atoms with Gasteiger partial charge in [0.25, 0.3) is 0 Å². The minimum absolute atomic E-state index is 0.488. The molecule has 0 aromatic carbocycles. The Bertz CT molecular complexity index is 781. The summed E-state index contributed by atoms with van der Waals surface area (Å²) in [4.78, 5) is 23.5. The lowest BCUT2D eigenvalue weighted by atomic mass is 10.2. The molecule has 0 N–H and O–H groups in total. The number of aryl methyl sites for hydroxylation is 1. The zero-order chi connectivity index (χ0) is 13.4. The quantitative estimate of drug-likeness (QED) is 0.673. The van der Waals surface area contributed by atoms with Crippen molar-refractivity contribution in [3.8, 4) is 5.82 Å². The Labute approximate surface area is 113 Å². The first-order chi connectivity index (χ1) is 9.19. The number of carbonyl (C=O) groups excluding carboxylic acids is 1. The normalized spacial score (nSPS) is 10.8. The van der Waals surface area contributed by atoms with Crippen molar-refractivity contribution in [2.24, 2.45) is 0 Å². The summed E-state index contributed by atoms with van der Waals surface area (Å²) >= 11 is 6.17. The molecule has 0 atom stereocenters. The first-order valence-electron chi connectivity index (χ1n) is 5.60. The Kier molecular flexibility index (Phi) is 2.76. The van der Waals surface area contributed by atoms with Crippen molar-refractivity contribution in [2.45, 2.75) is 6.92 Å². The van der Waals surface area contributed by atoms with Crippen molar-refractivity contribution in [2.75, 3.05) is 0 Å². The van der Waals surface area contributed by atoms with Crippen LogP contribution in [-0.4, -0.2) is 25.8 Å². The third kappa shape index (κ3) is 1.98. The monoisotopic (exact) mass is 272 g/mol. The van der Waals surface area contributed by atoms with Gasteiger partial charge in [-0.2, -0.15) is 0 Å². The topological polar surface area (TPSA) is 60.7 Å². The lowest BCUT2D eigenvalue weighted by Gasteiger charge is -2.03. The second-order valence-corrected chi connectivity index (χ2v) is 4.53. The van der Waals surface area contributed by atoms with Crippen molar-refractivity contribution in [3.05, 3.63) is 47.1 Å². The summed E-state index contributed by atoms with van der Waals surface area (Å²) in [6.45, 7) is 1.86. The Hall–Kier alpha value is -2.27. The SMILES string of the molecule is Cc1cncc(-n2cc(Cl)c3cc(C=O)cnc32)n1. The summed E-state index contributed by atoms with van der Waals surface area (Å²) in [5.74, 6) is 0.642. The van der Waals surface area contributed by atoms with E-state index < -0.39 is 0 Å². The van der Waals surface area contributed by atoms with Gasteiger partial charge >= 0.3 is 0 Å². The van der Waals surface area contributed by atoms with Crippen LogP contribution in [0.3, 0.4) is 0 Å². The molecule has 0 fully saturated rings. The highest BCUT2D eigenvalue weighted by atomic mass is 35.5. The van der Waals surface area contributed by atoms with Gasteiger partial charge in [-0.1, -0.05) is 11.6 Å². The second kappa shape index (κ2) is 4.44. The maximum absolute atomic E-state index is 10.8. The van der Waals surface area contributed by atoms with E-state index in [1.165, 1.54) is 6.20 Å². The van der Waals surface area contributed by atoms with E-state index in [-0.39, 0.29) is 0 Å². The fourth-order valence-electron chi connectivity index (χ4n) is 1.89. The number of rotatable bonds is 2. The Morgan fingerprint density at radius 3 is 2.89 bits per heavy atom. The zero-order valence-electron chi connectivity index (χ0n) is 10.0. The van der Waals surface area contributed by atoms with E-state index in [1.807, 2.05) is 6.92 Å². The van der Waals surface area contributed by atoms with Crippen LogP contribution in [0.2, 0.25) is 5.02 Å². The van der Waals surface area contributed by atoms with Gasteiger partial charge in [0.1, 0.15) is 5.65 Å². The molecule has 3 heterocycles. The average molecular weight is 273 g/mol. The lowest BCUT2D eigenvalue weighted by molar-refractivity contribution is 0.112. The summed E-state index contributed by atoms with van der Waals surface area (Å²) in [5, 5.41) is 1.24. The van der Waals surface area contributed by atoms with Crippen LogP contribution in [0.25, 0.3) is 16.9 Å². The van der Waals surface area contributed by atoms with Crippen molar-refractivity contribution in [3.63, 3.8) is 0 Å². The van der Waals surface area contributed by atoms with Crippen LogP contribution < -0.4 is 0 Å². The molecule has 3 aromatic rings. The maximum atomic E-state index is 10.8. The number of hydrogen-bond acceptors (Lipinski definition) is 4. The fourth-order valence-corrected chi connectivity index (χ4v) is 2.13. The van der Waals surface area contributed by atoms with Gasteiger partial charge in [0.15, 0.2) is 12.1 Å². The van der Waals surface area contributed by atoms with E-state index in [2.05, 4.69) is 15.0 Å². The van der Waals surface area contributed by atoms with Crippen molar-refractivity contribution < 1.29 is 4.79 Å². The molecule has 6 heteroatoms. The molecular formula is C13H9ClN4O. The molecule has 19 heavy (non-hydrogen) atoms. The molecule has 94 valence electrons. The van der Waals surface area contributed by atoms with Crippen LogP contribution in [0.15, 0.2) is 30.9 Å². The highest BCUT2D eigenvalue weighted by Crippen LogP contribution is 2.26. The highest BCUT2D eigenvalue weighted by molar-refractivity contribution is 6.35. The Morgan fingerprint density at radius 1 is 1.32 bits per heavy atom. The molecule has 0 amide bonds. The van der Waals surface area contributed by atoms with Gasteiger partial charge in [0.2, 0.25) is 0 Å². The number of hydrogen-bond donors (Lipinski definition) is 0. The predicted octanol–water partition coefficient (Wildman–Crippen LogP) is 2.59. The lowest BCUT2D eigenvalue weighted by Crippen LogP contribution is -1.99.